The molecular weight excluding hydrogens is 484 g/mol. The van der Waals surface area contributed by atoms with Crippen LogP contribution in [-0.4, -0.2) is 80.2 Å². The van der Waals surface area contributed by atoms with E-state index in [9.17, 15) is 19.2 Å². The van der Waals surface area contributed by atoms with Gasteiger partial charge in [-0.25, -0.2) is 0 Å². The van der Waals surface area contributed by atoms with Gasteiger partial charge >= 0.3 is 0 Å². The SMILES string of the molecule is Cc1cnc(-c2cnccn2)c2[nH]cc(C(=O)C(=O)N3CCN(/C(C=O)=C(/C=O)c4ccccc4)CC3)c12. The van der Waals surface area contributed by atoms with Gasteiger partial charge in [-0.05, 0) is 18.1 Å². The Labute approximate surface area is 218 Å². The molecule has 0 spiro atoms. The third kappa shape index (κ3) is 4.47. The smallest absolute Gasteiger partial charge is 0.295 e. The number of aromatic nitrogens is 4. The molecule has 1 N–H and O–H groups in total. The molecule has 10 heteroatoms. The number of H-pyrrole nitrogens is 1. The average molecular weight is 509 g/mol. The molecule has 4 aromatic rings. The number of hydrogen-bond donors (Lipinski definition) is 1. The van der Waals surface area contributed by atoms with E-state index in [-0.39, 0.29) is 24.4 Å². The van der Waals surface area contributed by atoms with E-state index in [1.807, 2.05) is 13.0 Å². The number of fused-ring (bicyclic) bond motifs is 1. The highest BCUT2D eigenvalue weighted by Crippen LogP contribution is 2.29. The van der Waals surface area contributed by atoms with Gasteiger partial charge in [0.2, 0.25) is 0 Å². The molecule has 0 unspecified atom stereocenters. The monoisotopic (exact) mass is 508 g/mol. The number of aromatic amines is 1. The molecule has 0 bridgehead atoms. The van der Waals surface area contributed by atoms with Crippen molar-refractivity contribution in [3.63, 3.8) is 0 Å². The Hall–Kier alpha value is -4.99. The van der Waals surface area contributed by atoms with Gasteiger partial charge in [0.25, 0.3) is 11.7 Å². The van der Waals surface area contributed by atoms with E-state index in [4.69, 9.17) is 0 Å². The summed E-state index contributed by atoms with van der Waals surface area (Å²) in [4.78, 5) is 69.5. The molecule has 1 fully saturated rings. The molecule has 1 saturated heterocycles. The van der Waals surface area contributed by atoms with Crippen molar-refractivity contribution in [2.75, 3.05) is 26.2 Å². The van der Waals surface area contributed by atoms with E-state index in [0.717, 1.165) is 5.56 Å². The maximum atomic E-state index is 13.3. The van der Waals surface area contributed by atoms with E-state index < -0.39 is 11.7 Å². The van der Waals surface area contributed by atoms with Crippen molar-refractivity contribution in [1.82, 2.24) is 29.7 Å². The molecule has 0 aliphatic carbocycles. The Balaban J connectivity index is 1.36. The minimum Gasteiger partial charge on any atom is -0.365 e. The highest BCUT2D eigenvalue weighted by molar-refractivity contribution is 6.45. The molecule has 10 nitrogen and oxygen atoms in total. The average Bonchev–Trinajstić information content (AvgIpc) is 3.42. The molecule has 0 atom stereocenters. The predicted molar refractivity (Wildman–Crippen MR) is 140 cm³/mol. The zero-order valence-electron chi connectivity index (χ0n) is 20.6. The third-order valence-corrected chi connectivity index (χ3v) is 6.64. The summed E-state index contributed by atoms with van der Waals surface area (Å²) in [7, 11) is 0. The Morgan fingerprint density at radius 1 is 0.921 bits per heavy atom. The number of aryl methyl sites for hydroxylation is 1. The van der Waals surface area contributed by atoms with Crippen LogP contribution in [-0.2, 0) is 14.4 Å². The van der Waals surface area contributed by atoms with Gasteiger partial charge in [-0.15, -0.1) is 0 Å². The standard InChI is InChI=1S/C28H24N6O4/c1-18-13-31-25(22-15-29-7-8-30-22)26-24(18)20(14-32-26)27(37)28(38)34-11-9-33(10-12-34)23(17-36)21(16-35)19-5-3-2-4-6-19/h2-8,13-17,32H,9-12H2,1H3/b23-21-. The first-order valence-electron chi connectivity index (χ1n) is 12.0. The number of rotatable bonds is 7. The van der Waals surface area contributed by atoms with Crippen molar-refractivity contribution < 1.29 is 19.2 Å². The van der Waals surface area contributed by atoms with Crippen molar-refractivity contribution in [1.29, 1.82) is 0 Å². The zero-order valence-corrected chi connectivity index (χ0v) is 20.6. The first-order chi connectivity index (χ1) is 18.5. The van der Waals surface area contributed by atoms with Crippen molar-refractivity contribution >= 4 is 40.7 Å². The molecule has 0 saturated carbocycles. The summed E-state index contributed by atoms with van der Waals surface area (Å²) in [6.45, 7) is 2.91. The summed E-state index contributed by atoms with van der Waals surface area (Å²) in [5, 5.41) is 0.613. The predicted octanol–water partition coefficient (Wildman–Crippen LogP) is 2.46. The second-order valence-corrected chi connectivity index (χ2v) is 8.84. The summed E-state index contributed by atoms with van der Waals surface area (Å²) < 4.78 is 0. The lowest BCUT2D eigenvalue weighted by Crippen LogP contribution is -2.50. The van der Waals surface area contributed by atoms with Crippen LogP contribution in [0.3, 0.4) is 0 Å². The number of pyridine rings is 1. The fraction of sp³-hybridized carbons (Fsp3) is 0.179. The summed E-state index contributed by atoms with van der Waals surface area (Å²) in [5.74, 6) is -1.26. The first-order valence-corrected chi connectivity index (χ1v) is 12.0. The van der Waals surface area contributed by atoms with Crippen molar-refractivity contribution in [3.05, 3.63) is 83.7 Å². The number of carbonyl (C=O) groups excluding carboxylic acids is 4. The van der Waals surface area contributed by atoms with Crippen LogP contribution < -0.4 is 0 Å². The second kappa shape index (κ2) is 10.6. The largest absolute Gasteiger partial charge is 0.365 e. The van der Waals surface area contributed by atoms with Crippen molar-refractivity contribution in [2.24, 2.45) is 0 Å². The Bertz CT molecular complexity index is 1550. The third-order valence-electron chi connectivity index (χ3n) is 6.64. The molecule has 4 heterocycles. The van der Waals surface area contributed by atoms with Crippen molar-refractivity contribution in [3.8, 4) is 11.4 Å². The maximum Gasteiger partial charge on any atom is 0.295 e. The van der Waals surface area contributed by atoms with Gasteiger partial charge in [0, 0.05) is 61.9 Å². The lowest BCUT2D eigenvalue weighted by molar-refractivity contribution is -0.127. The van der Waals surface area contributed by atoms with Crippen LogP contribution in [0.5, 0.6) is 0 Å². The molecule has 1 aliphatic heterocycles. The van der Waals surface area contributed by atoms with Gasteiger partial charge in [0.05, 0.1) is 23.0 Å². The number of nitrogens with one attached hydrogen (secondary N) is 1. The Kier molecular flexibility index (Phi) is 6.86. The van der Waals surface area contributed by atoms with Crippen LogP contribution in [0.2, 0.25) is 0 Å². The van der Waals surface area contributed by atoms with Crippen LogP contribution in [0.25, 0.3) is 27.9 Å². The van der Waals surface area contributed by atoms with Gasteiger partial charge in [0.15, 0.2) is 12.6 Å². The highest BCUT2D eigenvalue weighted by Gasteiger charge is 2.30. The number of piperazine rings is 1. The minimum absolute atomic E-state index is 0.233. The summed E-state index contributed by atoms with van der Waals surface area (Å²) >= 11 is 0. The van der Waals surface area contributed by atoms with Gasteiger partial charge < -0.3 is 14.8 Å². The number of nitrogens with zero attached hydrogens (tertiary/aromatic N) is 5. The van der Waals surface area contributed by atoms with Gasteiger partial charge in [0.1, 0.15) is 11.4 Å². The summed E-state index contributed by atoms with van der Waals surface area (Å²) in [5.41, 5.74) is 3.90. The number of carbonyl (C=O) groups is 4. The molecule has 1 aliphatic rings. The minimum atomic E-state index is -0.631. The molecule has 5 rings (SSSR count). The fourth-order valence-electron chi connectivity index (χ4n) is 4.72. The number of amides is 1. The Morgan fingerprint density at radius 2 is 1.66 bits per heavy atom. The first kappa shape index (κ1) is 24.7. The number of hydrogen-bond acceptors (Lipinski definition) is 8. The lowest BCUT2D eigenvalue weighted by atomic mass is 10.0. The topological polar surface area (TPSA) is 129 Å². The van der Waals surface area contributed by atoms with Crippen molar-refractivity contribution in [2.45, 2.75) is 6.92 Å². The van der Waals surface area contributed by atoms with Gasteiger partial charge in [-0.2, -0.15) is 0 Å². The van der Waals surface area contributed by atoms with Crippen LogP contribution in [0.4, 0.5) is 0 Å². The molecule has 1 amide bonds. The van der Waals surface area contributed by atoms with E-state index in [2.05, 4.69) is 19.9 Å². The van der Waals surface area contributed by atoms with Crippen LogP contribution in [0.1, 0.15) is 21.5 Å². The number of benzene rings is 1. The molecule has 190 valence electrons. The van der Waals surface area contributed by atoms with Crippen LogP contribution in [0, 0.1) is 6.92 Å². The van der Waals surface area contributed by atoms with E-state index >= 15 is 0 Å². The summed E-state index contributed by atoms with van der Waals surface area (Å²) in [6.07, 6.45) is 9.21. The summed E-state index contributed by atoms with van der Waals surface area (Å²) in [6, 6.07) is 8.95. The maximum absolute atomic E-state index is 13.3. The second-order valence-electron chi connectivity index (χ2n) is 8.84. The molecular formula is C28H24N6O4. The van der Waals surface area contributed by atoms with Gasteiger partial charge in [-0.3, -0.25) is 34.1 Å². The van der Waals surface area contributed by atoms with Gasteiger partial charge in [-0.1, -0.05) is 30.3 Å². The number of aldehydes is 2. The van der Waals surface area contributed by atoms with E-state index in [1.165, 1.54) is 11.1 Å². The highest BCUT2D eigenvalue weighted by atomic mass is 16.2. The number of Topliss-reactive ketones (excluding diaryl/α,β-unsaturated/α-hetero) is 1. The van der Waals surface area contributed by atoms with E-state index in [0.29, 0.717) is 59.1 Å². The number of ketones is 1. The van der Waals surface area contributed by atoms with Crippen LogP contribution in [0.15, 0.2) is 67.0 Å². The number of allylic oxidation sites excluding steroid dienone is 2. The fourth-order valence-corrected chi connectivity index (χ4v) is 4.72. The van der Waals surface area contributed by atoms with E-state index in [1.54, 1.807) is 54.0 Å². The van der Waals surface area contributed by atoms with Crippen LogP contribution >= 0.6 is 0 Å². The lowest BCUT2D eigenvalue weighted by Gasteiger charge is -2.36. The molecule has 0 radical (unpaired) electrons. The quantitative estimate of drug-likeness (QED) is 0.174. The normalized spacial score (nSPS) is 14.2. The Morgan fingerprint density at radius 3 is 2.32 bits per heavy atom. The zero-order chi connectivity index (χ0) is 26.6. The molecule has 38 heavy (non-hydrogen) atoms. The molecule has 1 aromatic carbocycles. The molecule has 3 aromatic heterocycles.